The molecule has 5 nitrogen and oxygen atoms in total. The Bertz CT molecular complexity index is 743. The molecule has 0 unspecified atom stereocenters. The summed E-state index contributed by atoms with van der Waals surface area (Å²) >= 11 is 1.28. The zero-order valence-corrected chi connectivity index (χ0v) is 15.3. The smallest absolute Gasteiger partial charge is 0.256 e. The van der Waals surface area contributed by atoms with Crippen molar-refractivity contribution >= 4 is 23.3 Å². The second kappa shape index (κ2) is 8.89. The second-order valence-corrected chi connectivity index (χ2v) is 7.20. The number of piperidine rings is 1. The van der Waals surface area contributed by atoms with Gasteiger partial charge in [0.1, 0.15) is 5.82 Å². The van der Waals surface area contributed by atoms with Gasteiger partial charge in [0.05, 0.1) is 11.8 Å². The first kappa shape index (κ1) is 18.5. The number of rotatable bonds is 6. The van der Waals surface area contributed by atoms with Gasteiger partial charge in [0.25, 0.3) is 5.91 Å². The van der Waals surface area contributed by atoms with Crippen LogP contribution in [0.15, 0.2) is 35.8 Å². The molecule has 0 radical (unpaired) electrons. The molecule has 1 aromatic heterocycles. The minimum atomic E-state index is -0.266. The van der Waals surface area contributed by atoms with Crippen LogP contribution in [0.1, 0.15) is 35.2 Å². The molecule has 2 heterocycles. The third-order valence-electron chi connectivity index (χ3n) is 4.75. The Kier molecular flexibility index (Phi) is 6.33. The number of nitrogens with one attached hydrogen (secondary N) is 1. The summed E-state index contributed by atoms with van der Waals surface area (Å²) in [5, 5.41) is 4.71. The minimum Gasteiger partial charge on any atom is -0.356 e. The maximum absolute atomic E-state index is 13.6. The highest BCUT2D eigenvalue weighted by atomic mass is 32.1. The Hall–Kier alpha value is -2.28. The zero-order chi connectivity index (χ0) is 18.4. The quantitative estimate of drug-likeness (QED) is 0.844. The molecule has 2 aromatic rings. The van der Waals surface area contributed by atoms with Crippen LogP contribution in [0.3, 0.4) is 0 Å². The monoisotopic (exact) mass is 375 g/mol. The number of amides is 2. The fourth-order valence-corrected chi connectivity index (χ4v) is 3.64. The van der Waals surface area contributed by atoms with Gasteiger partial charge in [-0.15, -0.1) is 0 Å². The predicted octanol–water partition coefficient (Wildman–Crippen LogP) is 2.88. The van der Waals surface area contributed by atoms with Gasteiger partial charge in [-0.2, -0.15) is 0 Å². The van der Waals surface area contributed by atoms with Crippen LogP contribution in [0, 0.1) is 11.7 Å². The molecule has 0 spiro atoms. The normalized spacial score (nSPS) is 15.0. The van der Waals surface area contributed by atoms with Gasteiger partial charge in [0.2, 0.25) is 5.91 Å². The molecule has 1 aliphatic rings. The molecular formula is C19H22FN3O2S. The van der Waals surface area contributed by atoms with Crippen LogP contribution in [0.5, 0.6) is 0 Å². The first-order valence-electron chi connectivity index (χ1n) is 8.82. The van der Waals surface area contributed by atoms with E-state index < -0.39 is 0 Å². The van der Waals surface area contributed by atoms with Crippen molar-refractivity contribution in [1.29, 1.82) is 0 Å². The van der Waals surface area contributed by atoms with E-state index >= 15 is 0 Å². The van der Waals surface area contributed by atoms with E-state index in [9.17, 15) is 14.0 Å². The van der Waals surface area contributed by atoms with Gasteiger partial charge in [-0.25, -0.2) is 8.76 Å². The van der Waals surface area contributed by atoms with Gasteiger partial charge in [-0.3, -0.25) is 9.59 Å². The first-order valence-corrected chi connectivity index (χ1v) is 9.66. The number of benzene rings is 1. The summed E-state index contributed by atoms with van der Waals surface area (Å²) in [5.41, 5.74) is 1.22. The second-order valence-electron chi connectivity index (χ2n) is 6.54. The van der Waals surface area contributed by atoms with Gasteiger partial charge in [0.15, 0.2) is 0 Å². The highest BCUT2D eigenvalue weighted by molar-refractivity contribution is 7.03. The summed E-state index contributed by atoms with van der Waals surface area (Å²) in [5.74, 6) is 0.0810. The summed E-state index contributed by atoms with van der Waals surface area (Å²) < 4.78 is 17.5. The van der Waals surface area contributed by atoms with Crippen molar-refractivity contribution in [2.24, 2.45) is 5.92 Å². The van der Waals surface area contributed by atoms with Crippen molar-refractivity contribution in [3.8, 4) is 0 Å². The number of hydrogen-bond donors (Lipinski definition) is 1. The average Bonchev–Trinajstić information content (AvgIpc) is 3.20. The molecule has 0 atom stereocenters. The number of aryl methyl sites for hydroxylation is 1. The summed E-state index contributed by atoms with van der Waals surface area (Å²) in [6.07, 6.45) is 4.03. The van der Waals surface area contributed by atoms with E-state index in [4.69, 9.17) is 0 Å². The maximum atomic E-state index is 13.6. The van der Waals surface area contributed by atoms with Crippen molar-refractivity contribution in [2.45, 2.75) is 25.7 Å². The van der Waals surface area contributed by atoms with E-state index in [1.807, 2.05) is 4.90 Å². The van der Waals surface area contributed by atoms with Crippen LogP contribution in [0.25, 0.3) is 0 Å². The minimum absolute atomic E-state index is 0.0334. The lowest BCUT2D eigenvalue weighted by Crippen LogP contribution is -2.41. The van der Waals surface area contributed by atoms with Crippen LogP contribution in [0.4, 0.5) is 4.39 Å². The number of likely N-dealkylation sites (tertiary alicyclic amines) is 1. The molecule has 0 bridgehead atoms. The van der Waals surface area contributed by atoms with Gasteiger partial charge in [0, 0.05) is 31.4 Å². The van der Waals surface area contributed by atoms with Crippen LogP contribution >= 0.6 is 11.5 Å². The fraction of sp³-hybridized carbons (Fsp3) is 0.421. The lowest BCUT2D eigenvalue weighted by atomic mass is 9.96. The van der Waals surface area contributed by atoms with Gasteiger partial charge in [-0.1, -0.05) is 18.2 Å². The van der Waals surface area contributed by atoms with Gasteiger partial charge >= 0.3 is 0 Å². The molecule has 7 heteroatoms. The Morgan fingerprint density at radius 3 is 2.73 bits per heavy atom. The van der Waals surface area contributed by atoms with Gasteiger partial charge in [-0.05, 0) is 48.3 Å². The molecule has 1 N–H and O–H groups in total. The lowest BCUT2D eigenvalue weighted by molar-refractivity contribution is -0.121. The molecule has 0 aliphatic carbocycles. The van der Waals surface area contributed by atoms with Crippen molar-refractivity contribution in [2.75, 3.05) is 19.6 Å². The Balaban J connectivity index is 1.36. The molecule has 1 fully saturated rings. The maximum Gasteiger partial charge on any atom is 0.256 e. The molecule has 1 saturated heterocycles. The molecule has 3 rings (SSSR count). The average molecular weight is 375 g/mol. The lowest BCUT2D eigenvalue weighted by Gasteiger charge is -2.31. The topological polar surface area (TPSA) is 62.3 Å². The van der Waals surface area contributed by atoms with E-state index in [0.717, 1.165) is 12.8 Å². The number of nitrogens with zero attached hydrogens (tertiary/aromatic N) is 2. The van der Waals surface area contributed by atoms with Crippen LogP contribution < -0.4 is 5.32 Å². The van der Waals surface area contributed by atoms with Gasteiger partial charge < -0.3 is 10.2 Å². The number of aromatic nitrogens is 1. The van der Waals surface area contributed by atoms with Crippen molar-refractivity contribution in [3.05, 3.63) is 52.8 Å². The predicted molar refractivity (Wildman–Crippen MR) is 98.5 cm³/mol. The number of halogens is 1. The number of carbonyl (C=O) groups excluding carboxylic acids is 2. The summed E-state index contributed by atoms with van der Waals surface area (Å²) in [4.78, 5) is 26.1. The largest absolute Gasteiger partial charge is 0.356 e. The van der Waals surface area contributed by atoms with Crippen LogP contribution in [0.2, 0.25) is 0 Å². The molecule has 138 valence electrons. The van der Waals surface area contributed by atoms with Crippen molar-refractivity contribution in [3.63, 3.8) is 0 Å². The SMILES string of the molecule is O=C(CCc1ccccc1F)NCC1CCN(C(=O)c2cnsc2)CC1. The zero-order valence-electron chi connectivity index (χ0n) is 14.5. The Morgan fingerprint density at radius 1 is 1.27 bits per heavy atom. The third-order valence-corrected chi connectivity index (χ3v) is 5.33. The highest BCUT2D eigenvalue weighted by Gasteiger charge is 2.24. The summed E-state index contributed by atoms with van der Waals surface area (Å²) in [6.45, 7) is 2.01. The Labute approximate surface area is 156 Å². The highest BCUT2D eigenvalue weighted by Crippen LogP contribution is 2.19. The van der Waals surface area contributed by atoms with E-state index in [1.165, 1.54) is 17.6 Å². The Morgan fingerprint density at radius 2 is 2.04 bits per heavy atom. The van der Waals surface area contributed by atoms with Crippen LogP contribution in [-0.2, 0) is 11.2 Å². The standard InChI is InChI=1S/C19H22FN3O2S/c20-17-4-2-1-3-15(17)5-6-18(24)21-11-14-7-9-23(10-8-14)19(25)16-12-22-26-13-16/h1-4,12-14H,5-11H2,(H,21,24). The molecule has 1 aromatic carbocycles. The van der Waals surface area contributed by atoms with E-state index in [2.05, 4.69) is 9.69 Å². The van der Waals surface area contributed by atoms with E-state index in [0.29, 0.717) is 43.1 Å². The van der Waals surface area contributed by atoms with E-state index in [1.54, 1.807) is 29.8 Å². The van der Waals surface area contributed by atoms with Crippen molar-refractivity contribution in [1.82, 2.24) is 14.6 Å². The first-order chi connectivity index (χ1) is 12.6. The van der Waals surface area contributed by atoms with Crippen LogP contribution in [-0.4, -0.2) is 40.7 Å². The number of hydrogen-bond acceptors (Lipinski definition) is 4. The summed E-state index contributed by atoms with van der Waals surface area (Å²) in [6, 6.07) is 6.54. The molecule has 0 saturated carbocycles. The fourth-order valence-electron chi connectivity index (χ4n) is 3.13. The van der Waals surface area contributed by atoms with E-state index in [-0.39, 0.29) is 24.1 Å². The number of carbonyl (C=O) groups is 2. The van der Waals surface area contributed by atoms with Crippen molar-refractivity contribution < 1.29 is 14.0 Å². The summed E-state index contributed by atoms with van der Waals surface area (Å²) in [7, 11) is 0. The molecular weight excluding hydrogens is 353 g/mol. The molecule has 2 amide bonds. The third kappa shape index (κ3) is 4.88. The molecule has 1 aliphatic heterocycles. The molecule has 26 heavy (non-hydrogen) atoms.